The molecule has 0 spiro atoms. The molecule has 1 heterocycles. The summed E-state index contributed by atoms with van der Waals surface area (Å²) in [6.07, 6.45) is 0. The lowest BCUT2D eigenvalue weighted by molar-refractivity contribution is 0.270. The van der Waals surface area contributed by atoms with Crippen molar-refractivity contribution < 1.29 is 5.11 Å². The fourth-order valence-electron chi connectivity index (χ4n) is 1.02. The van der Waals surface area contributed by atoms with E-state index in [-0.39, 0.29) is 6.61 Å². The van der Waals surface area contributed by atoms with E-state index in [1.165, 1.54) is 0 Å². The Balaban J connectivity index is 3.06. The van der Waals surface area contributed by atoms with Crippen molar-refractivity contribution in [1.29, 1.82) is 0 Å². The summed E-state index contributed by atoms with van der Waals surface area (Å²) < 4.78 is 0. The molecule has 0 aliphatic rings. The van der Waals surface area contributed by atoms with E-state index < -0.39 is 0 Å². The van der Waals surface area contributed by atoms with Crippen LogP contribution in [0.15, 0.2) is 6.07 Å². The van der Waals surface area contributed by atoms with Gasteiger partial charge in [-0.05, 0) is 18.9 Å². The molecule has 3 nitrogen and oxygen atoms in total. The number of rotatable bonds is 2. The second-order valence-electron chi connectivity index (χ2n) is 3.16. The standard InChI is InChI=1S/C9H14N2O/c1-6(2)8-4-7(3)10-9(5-12)11-8/h4,6,12H,5H2,1-3H3. The van der Waals surface area contributed by atoms with Gasteiger partial charge < -0.3 is 5.11 Å². The third-order valence-electron chi connectivity index (χ3n) is 1.65. The molecule has 0 saturated heterocycles. The van der Waals surface area contributed by atoms with Gasteiger partial charge in [0, 0.05) is 11.4 Å². The Labute approximate surface area is 72.5 Å². The van der Waals surface area contributed by atoms with Gasteiger partial charge in [-0.1, -0.05) is 13.8 Å². The van der Waals surface area contributed by atoms with Crippen molar-refractivity contribution in [2.45, 2.75) is 33.3 Å². The van der Waals surface area contributed by atoms with Crippen LogP contribution in [0.1, 0.15) is 37.0 Å². The molecular formula is C9H14N2O. The van der Waals surface area contributed by atoms with Crippen molar-refractivity contribution in [3.8, 4) is 0 Å². The van der Waals surface area contributed by atoms with Crippen LogP contribution >= 0.6 is 0 Å². The molecule has 1 rings (SSSR count). The SMILES string of the molecule is Cc1cc(C(C)C)nc(CO)n1. The highest BCUT2D eigenvalue weighted by molar-refractivity contribution is 5.12. The van der Waals surface area contributed by atoms with Gasteiger partial charge in [-0.3, -0.25) is 0 Å². The maximum Gasteiger partial charge on any atom is 0.154 e. The fourth-order valence-corrected chi connectivity index (χ4v) is 1.02. The fraction of sp³-hybridized carbons (Fsp3) is 0.556. The summed E-state index contributed by atoms with van der Waals surface area (Å²) in [5, 5.41) is 8.84. The molecule has 1 aromatic rings. The zero-order valence-corrected chi connectivity index (χ0v) is 7.70. The first-order valence-electron chi connectivity index (χ1n) is 4.08. The zero-order chi connectivity index (χ0) is 9.14. The summed E-state index contributed by atoms with van der Waals surface area (Å²) in [4.78, 5) is 8.26. The Bertz CT molecular complexity index is 271. The van der Waals surface area contributed by atoms with Gasteiger partial charge in [-0.25, -0.2) is 9.97 Å². The Morgan fingerprint density at radius 1 is 1.42 bits per heavy atom. The van der Waals surface area contributed by atoms with Gasteiger partial charge in [0.05, 0.1) is 0 Å². The lowest BCUT2D eigenvalue weighted by atomic mass is 10.1. The molecule has 12 heavy (non-hydrogen) atoms. The molecule has 1 aromatic heterocycles. The summed E-state index contributed by atoms with van der Waals surface area (Å²) in [6.45, 7) is 5.97. The molecule has 0 amide bonds. The molecule has 1 N–H and O–H groups in total. The monoisotopic (exact) mass is 166 g/mol. The molecule has 0 radical (unpaired) electrons. The lowest BCUT2D eigenvalue weighted by Gasteiger charge is -2.06. The molecule has 0 fully saturated rings. The molecule has 0 aliphatic heterocycles. The largest absolute Gasteiger partial charge is 0.388 e. The third-order valence-corrected chi connectivity index (χ3v) is 1.65. The van der Waals surface area contributed by atoms with E-state index in [1.807, 2.05) is 13.0 Å². The van der Waals surface area contributed by atoms with Crippen molar-refractivity contribution >= 4 is 0 Å². The highest BCUT2D eigenvalue weighted by Crippen LogP contribution is 2.12. The topological polar surface area (TPSA) is 46.0 Å². The van der Waals surface area contributed by atoms with Gasteiger partial charge in [0.15, 0.2) is 5.82 Å². The lowest BCUT2D eigenvalue weighted by Crippen LogP contribution is -2.02. The Morgan fingerprint density at radius 2 is 2.08 bits per heavy atom. The van der Waals surface area contributed by atoms with Crippen molar-refractivity contribution in [2.75, 3.05) is 0 Å². The minimum absolute atomic E-state index is 0.0819. The molecule has 0 atom stereocenters. The van der Waals surface area contributed by atoms with Crippen LogP contribution in [0.3, 0.4) is 0 Å². The van der Waals surface area contributed by atoms with E-state index in [1.54, 1.807) is 0 Å². The second kappa shape index (κ2) is 3.63. The van der Waals surface area contributed by atoms with Gasteiger partial charge in [0.2, 0.25) is 0 Å². The number of hydrogen-bond acceptors (Lipinski definition) is 3. The van der Waals surface area contributed by atoms with Gasteiger partial charge in [-0.2, -0.15) is 0 Å². The Morgan fingerprint density at radius 3 is 2.58 bits per heavy atom. The van der Waals surface area contributed by atoms with Crippen molar-refractivity contribution in [1.82, 2.24) is 9.97 Å². The van der Waals surface area contributed by atoms with Crippen LogP contribution in [0, 0.1) is 6.92 Å². The predicted molar refractivity (Wildman–Crippen MR) is 46.8 cm³/mol. The molecule has 3 heteroatoms. The summed E-state index contributed by atoms with van der Waals surface area (Å²) in [5.74, 6) is 0.899. The molecule has 0 aliphatic carbocycles. The van der Waals surface area contributed by atoms with Gasteiger partial charge in [-0.15, -0.1) is 0 Å². The summed E-state index contributed by atoms with van der Waals surface area (Å²) in [6, 6.07) is 1.95. The number of aliphatic hydroxyl groups is 1. The quantitative estimate of drug-likeness (QED) is 0.722. The van der Waals surface area contributed by atoms with Crippen LogP contribution in [-0.2, 0) is 6.61 Å². The van der Waals surface area contributed by atoms with Gasteiger partial charge in [0.1, 0.15) is 6.61 Å². The van der Waals surface area contributed by atoms with Crippen LogP contribution in [0.4, 0.5) is 0 Å². The number of aliphatic hydroxyl groups excluding tert-OH is 1. The van der Waals surface area contributed by atoms with Crippen LogP contribution in [0.5, 0.6) is 0 Å². The molecule has 0 unspecified atom stereocenters. The summed E-state index contributed by atoms with van der Waals surface area (Å²) in [5.41, 5.74) is 1.91. The number of aryl methyl sites for hydroxylation is 1. The first-order chi connectivity index (χ1) is 5.63. The van der Waals surface area contributed by atoms with E-state index in [2.05, 4.69) is 23.8 Å². The minimum Gasteiger partial charge on any atom is -0.388 e. The maximum atomic E-state index is 8.84. The molecule has 0 aromatic carbocycles. The summed E-state index contributed by atoms with van der Waals surface area (Å²) in [7, 11) is 0. The first-order valence-corrected chi connectivity index (χ1v) is 4.08. The smallest absolute Gasteiger partial charge is 0.154 e. The van der Waals surface area contributed by atoms with Crippen molar-refractivity contribution in [3.05, 3.63) is 23.3 Å². The highest BCUT2D eigenvalue weighted by atomic mass is 16.3. The molecule has 0 saturated carbocycles. The average Bonchev–Trinajstić information content (AvgIpc) is 2.03. The van der Waals surface area contributed by atoms with E-state index in [9.17, 15) is 0 Å². The predicted octanol–water partition coefficient (Wildman–Crippen LogP) is 1.40. The van der Waals surface area contributed by atoms with Crippen LogP contribution in [0.25, 0.3) is 0 Å². The molecule has 0 bridgehead atoms. The number of aromatic nitrogens is 2. The second-order valence-corrected chi connectivity index (χ2v) is 3.16. The third kappa shape index (κ3) is 2.01. The van der Waals surface area contributed by atoms with Crippen molar-refractivity contribution in [3.63, 3.8) is 0 Å². The Hall–Kier alpha value is -0.960. The van der Waals surface area contributed by atoms with E-state index in [0.29, 0.717) is 11.7 Å². The molecular weight excluding hydrogens is 152 g/mol. The number of nitrogens with zero attached hydrogens (tertiary/aromatic N) is 2. The maximum absolute atomic E-state index is 8.84. The van der Waals surface area contributed by atoms with E-state index in [0.717, 1.165) is 11.4 Å². The average molecular weight is 166 g/mol. The number of hydrogen-bond donors (Lipinski definition) is 1. The minimum atomic E-state index is -0.0819. The highest BCUT2D eigenvalue weighted by Gasteiger charge is 2.04. The van der Waals surface area contributed by atoms with E-state index in [4.69, 9.17) is 5.11 Å². The van der Waals surface area contributed by atoms with Crippen LogP contribution in [0.2, 0.25) is 0 Å². The molecule has 66 valence electrons. The van der Waals surface area contributed by atoms with Gasteiger partial charge >= 0.3 is 0 Å². The van der Waals surface area contributed by atoms with Gasteiger partial charge in [0.25, 0.3) is 0 Å². The summed E-state index contributed by atoms with van der Waals surface area (Å²) >= 11 is 0. The zero-order valence-electron chi connectivity index (χ0n) is 7.70. The van der Waals surface area contributed by atoms with Crippen LogP contribution < -0.4 is 0 Å². The Kier molecular flexibility index (Phi) is 2.76. The van der Waals surface area contributed by atoms with Crippen LogP contribution in [-0.4, -0.2) is 15.1 Å². The first kappa shape index (κ1) is 9.13. The van der Waals surface area contributed by atoms with Crippen molar-refractivity contribution in [2.24, 2.45) is 0 Å². The normalized spacial score (nSPS) is 10.8. The van der Waals surface area contributed by atoms with E-state index >= 15 is 0 Å².